The van der Waals surface area contributed by atoms with Gasteiger partial charge in [-0.2, -0.15) is 0 Å². The fourth-order valence-corrected chi connectivity index (χ4v) is 6.30. The number of rotatable bonds is 2. The standard InChI is InChI=1S/C24H35NO2/c1-15-11-19-13-23(25(3)24(27)17-7-5-4-6-8-17)21(15)12-18-9-10-20(26)14-22(18)16(19)2/h9-10,14-17,19,21,23,26H,4-8,11-13H2,1-3H3/t15?,16?,19?,21-,23+/m0/s1. The maximum atomic E-state index is 13.2. The van der Waals surface area contributed by atoms with E-state index in [9.17, 15) is 9.90 Å². The van der Waals surface area contributed by atoms with Crippen LogP contribution in [0.5, 0.6) is 5.75 Å². The second kappa shape index (κ2) is 7.48. The van der Waals surface area contributed by atoms with Gasteiger partial charge in [-0.15, -0.1) is 0 Å². The largest absolute Gasteiger partial charge is 0.508 e. The van der Waals surface area contributed by atoms with E-state index in [1.807, 2.05) is 12.1 Å². The predicted octanol–water partition coefficient (Wildman–Crippen LogP) is 5.12. The Labute approximate surface area is 164 Å². The lowest BCUT2D eigenvalue weighted by Crippen LogP contribution is -2.52. The van der Waals surface area contributed by atoms with E-state index in [0.717, 1.165) is 25.7 Å². The molecule has 0 heterocycles. The van der Waals surface area contributed by atoms with Gasteiger partial charge in [-0.05, 0) is 79.0 Å². The van der Waals surface area contributed by atoms with Crippen molar-refractivity contribution in [3.63, 3.8) is 0 Å². The summed E-state index contributed by atoms with van der Waals surface area (Å²) in [4.78, 5) is 15.4. The molecule has 5 atom stereocenters. The number of phenols is 1. The summed E-state index contributed by atoms with van der Waals surface area (Å²) in [6.45, 7) is 4.71. The maximum Gasteiger partial charge on any atom is 0.225 e. The average molecular weight is 370 g/mol. The first-order valence-electron chi connectivity index (χ1n) is 11.0. The van der Waals surface area contributed by atoms with Crippen molar-refractivity contribution in [2.24, 2.45) is 23.7 Å². The first-order chi connectivity index (χ1) is 13.0. The number of hydrogen-bond acceptors (Lipinski definition) is 2. The Morgan fingerprint density at radius 2 is 1.85 bits per heavy atom. The van der Waals surface area contributed by atoms with Gasteiger partial charge in [-0.3, -0.25) is 4.79 Å². The van der Waals surface area contributed by atoms with Crippen LogP contribution in [0.4, 0.5) is 0 Å². The first-order valence-corrected chi connectivity index (χ1v) is 11.0. The van der Waals surface area contributed by atoms with E-state index in [1.54, 1.807) is 0 Å². The molecule has 1 amide bonds. The van der Waals surface area contributed by atoms with E-state index < -0.39 is 0 Å². The van der Waals surface area contributed by atoms with Crippen LogP contribution in [0.2, 0.25) is 0 Å². The zero-order valence-corrected chi connectivity index (χ0v) is 17.2. The molecular formula is C24H35NO2. The van der Waals surface area contributed by atoms with Crippen molar-refractivity contribution < 1.29 is 9.90 Å². The number of fused-ring (bicyclic) bond motifs is 2. The molecule has 4 aliphatic carbocycles. The van der Waals surface area contributed by atoms with Gasteiger partial charge in [0.2, 0.25) is 5.91 Å². The highest BCUT2D eigenvalue weighted by atomic mass is 16.3. The average Bonchev–Trinajstić information content (AvgIpc) is 2.68. The van der Waals surface area contributed by atoms with Crippen LogP contribution in [0.3, 0.4) is 0 Å². The Kier molecular flexibility index (Phi) is 5.22. The van der Waals surface area contributed by atoms with E-state index in [2.05, 4.69) is 31.9 Å². The Hall–Kier alpha value is -1.51. The number of hydrogen-bond donors (Lipinski definition) is 1. The van der Waals surface area contributed by atoms with Crippen molar-refractivity contribution in [3.05, 3.63) is 29.3 Å². The topological polar surface area (TPSA) is 40.5 Å². The van der Waals surface area contributed by atoms with Crippen molar-refractivity contribution in [1.29, 1.82) is 0 Å². The molecule has 3 unspecified atom stereocenters. The van der Waals surface area contributed by atoms with E-state index in [1.165, 1.54) is 36.8 Å². The van der Waals surface area contributed by atoms with Gasteiger partial charge >= 0.3 is 0 Å². The molecule has 5 rings (SSSR count). The molecule has 1 N–H and O–H groups in total. The third kappa shape index (κ3) is 3.50. The highest BCUT2D eigenvalue weighted by molar-refractivity contribution is 5.79. The maximum absolute atomic E-state index is 13.2. The molecule has 0 saturated heterocycles. The molecule has 148 valence electrons. The van der Waals surface area contributed by atoms with E-state index >= 15 is 0 Å². The van der Waals surface area contributed by atoms with Crippen LogP contribution in [0.1, 0.15) is 75.8 Å². The molecule has 1 aromatic rings. The second-order valence-corrected chi connectivity index (χ2v) is 9.60. The normalized spacial score (nSPS) is 33.8. The monoisotopic (exact) mass is 369 g/mol. The molecule has 2 fully saturated rings. The zero-order chi connectivity index (χ0) is 19.1. The molecule has 0 radical (unpaired) electrons. The third-order valence-electron chi connectivity index (χ3n) is 8.03. The number of carbonyl (C=O) groups excluding carboxylic acids is 1. The van der Waals surface area contributed by atoms with Crippen LogP contribution in [0, 0.1) is 23.7 Å². The number of aromatic hydroxyl groups is 1. The Balaban J connectivity index is 1.62. The number of phenolic OH excluding ortho intramolecular Hbond substituents is 1. The lowest BCUT2D eigenvalue weighted by Gasteiger charge is -2.49. The van der Waals surface area contributed by atoms with Gasteiger partial charge in [0.25, 0.3) is 0 Å². The third-order valence-corrected chi connectivity index (χ3v) is 8.03. The summed E-state index contributed by atoms with van der Waals surface area (Å²) < 4.78 is 0. The number of amides is 1. The Morgan fingerprint density at radius 3 is 2.59 bits per heavy atom. The molecule has 1 aromatic carbocycles. The molecule has 3 nitrogen and oxygen atoms in total. The Morgan fingerprint density at radius 1 is 1.11 bits per heavy atom. The van der Waals surface area contributed by atoms with Crippen LogP contribution in [-0.4, -0.2) is 29.0 Å². The van der Waals surface area contributed by atoms with Crippen LogP contribution in [-0.2, 0) is 11.2 Å². The van der Waals surface area contributed by atoms with Gasteiger partial charge in [0.05, 0.1) is 0 Å². The van der Waals surface area contributed by atoms with Gasteiger partial charge in [0.1, 0.15) is 5.75 Å². The SMILES string of the molecule is CC1c2cc(O)ccc2C[C@H]2C(C)CC1C[C@H]2N(C)C(=O)C1CCCCC1. The number of nitrogens with zero attached hydrogens (tertiary/aromatic N) is 1. The highest BCUT2D eigenvalue weighted by Gasteiger charge is 2.44. The van der Waals surface area contributed by atoms with Crippen molar-refractivity contribution in [2.75, 3.05) is 7.05 Å². The summed E-state index contributed by atoms with van der Waals surface area (Å²) in [5.74, 6) is 3.22. The lowest BCUT2D eigenvalue weighted by molar-refractivity contribution is -0.140. The van der Waals surface area contributed by atoms with Crippen molar-refractivity contribution in [1.82, 2.24) is 4.90 Å². The molecule has 3 heteroatoms. The summed E-state index contributed by atoms with van der Waals surface area (Å²) in [7, 11) is 2.08. The molecule has 27 heavy (non-hydrogen) atoms. The van der Waals surface area contributed by atoms with Gasteiger partial charge < -0.3 is 10.0 Å². The predicted molar refractivity (Wildman–Crippen MR) is 109 cm³/mol. The van der Waals surface area contributed by atoms with E-state index in [4.69, 9.17) is 0 Å². The van der Waals surface area contributed by atoms with Crippen LogP contribution >= 0.6 is 0 Å². The molecular weight excluding hydrogens is 334 g/mol. The van der Waals surface area contributed by atoms with E-state index in [0.29, 0.717) is 41.4 Å². The van der Waals surface area contributed by atoms with Crippen molar-refractivity contribution in [2.45, 2.75) is 77.2 Å². The molecule has 2 saturated carbocycles. The van der Waals surface area contributed by atoms with Gasteiger partial charge in [-0.25, -0.2) is 0 Å². The molecule has 4 aliphatic rings. The zero-order valence-electron chi connectivity index (χ0n) is 17.2. The van der Waals surface area contributed by atoms with Crippen LogP contribution < -0.4 is 0 Å². The molecule has 2 bridgehead atoms. The summed E-state index contributed by atoms with van der Waals surface area (Å²) in [5.41, 5.74) is 2.71. The van der Waals surface area contributed by atoms with Gasteiger partial charge in [0, 0.05) is 19.0 Å². The summed E-state index contributed by atoms with van der Waals surface area (Å²) in [6, 6.07) is 6.29. The van der Waals surface area contributed by atoms with Gasteiger partial charge in [0.15, 0.2) is 0 Å². The van der Waals surface area contributed by atoms with Crippen molar-refractivity contribution >= 4 is 5.91 Å². The quantitative estimate of drug-likeness (QED) is 0.786. The summed E-state index contributed by atoms with van der Waals surface area (Å²) in [5, 5.41) is 9.99. The van der Waals surface area contributed by atoms with Gasteiger partial charge in [-0.1, -0.05) is 39.2 Å². The Bertz CT molecular complexity index is 694. The molecule has 0 aromatic heterocycles. The van der Waals surface area contributed by atoms with E-state index in [-0.39, 0.29) is 5.92 Å². The lowest BCUT2D eigenvalue weighted by atomic mass is 9.62. The smallest absolute Gasteiger partial charge is 0.225 e. The summed E-state index contributed by atoms with van der Waals surface area (Å²) >= 11 is 0. The highest BCUT2D eigenvalue weighted by Crippen LogP contribution is 2.48. The van der Waals surface area contributed by atoms with Crippen LogP contribution in [0.15, 0.2) is 18.2 Å². The summed E-state index contributed by atoms with van der Waals surface area (Å²) in [6.07, 6.45) is 9.26. The first kappa shape index (κ1) is 18.8. The number of carbonyl (C=O) groups is 1. The minimum atomic E-state index is 0.254. The molecule has 0 aliphatic heterocycles. The second-order valence-electron chi connectivity index (χ2n) is 9.60. The fraction of sp³-hybridized carbons (Fsp3) is 0.708. The fourth-order valence-electron chi connectivity index (χ4n) is 6.30. The minimum absolute atomic E-state index is 0.254. The van der Waals surface area contributed by atoms with Crippen molar-refractivity contribution in [3.8, 4) is 5.75 Å². The molecule has 0 spiro atoms. The number of benzene rings is 1. The minimum Gasteiger partial charge on any atom is -0.508 e. The van der Waals surface area contributed by atoms with Crippen LogP contribution in [0.25, 0.3) is 0 Å².